The first-order valence-corrected chi connectivity index (χ1v) is 5.80. The van der Waals surface area contributed by atoms with Crippen LogP contribution in [0.3, 0.4) is 0 Å². The molecule has 0 radical (unpaired) electrons. The van der Waals surface area contributed by atoms with Crippen LogP contribution in [-0.2, 0) is 6.42 Å². The summed E-state index contributed by atoms with van der Waals surface area (Å²) in [5.74, 6) is 0.907. The number of benzene rings is 2. The Kier molecular flexibility index (Phi) is 2.45. The Balaban J connectivity index is 1.92. The van der Waals surface area contributed by atoms with Gasteiger partial charge >= 0.3 is 0 Å². The summed E-state index contributed by atoms with van der Waals surface area (Å²) < 4.78 is 5.17. The summed E-state index contributed by atoms with van der Waals surface area (Å²) in [5.41, 5.74) is 5.42. The Labute approximate surface area is 101 Å². The third kappa shape index (κ3) is 1.84. The van der Waals surface area contributed by atoms with Gasteiger partial charge in [-0.3, -0.25) is 0 Å². The van der Waals surface area contributed by atoms with Crippen molar-refractivity contribution in [2.24, 2.45) is 0 Å². The van der Waals surface area contributed by atoms with Gasteiger partial charge in [0.25, 0.3) is 0 Å². The van der Waals surface area contributed by atoms with Crippen molar-refractivity contribution in [1.29, 1.82) is 0 Å². The summed E-state index contributed by atoms with van der Waals surface area (Å²) in [5, 5.41) is 0. The van der Waals surface area contributed by atoms with Crippen molar-refractivity contribution in [2.45, 2.75) is 6.42 Å². The monoisotopic (exact) mass is 222 g/mol. The minimum Gasteiger partial charge on any atom is -0.497 e. The summed E-state index contributed by atoms with van der Waals surface area (Å²) in [6, 6.07) is 16.8. The zero-order chi connectivity index (χ0) is 11.7. The largest absolute Gasteiger partial charge is 0.497 e. The fraction of sp³-hybridized carbons (Fsp3) is 0.125. The zero-order valence-corrected chi connectivity index (χ0v) is 9.81. The van der Waals surface area contributed by atoms with Gasteiger partial charge in [-0.15, -0.1) is 0 Å². The number of hydrogen-bond donors (Lipinski definition) is 0. The standard InChI is InChI=1S/C16H14O/c1-17-16-8-6-12(7-9-16)15-10-13-4-2-3-5-14(13)11-15/h2-10H,11H2,1H3. The predicted octanol–water partition coefficient (Wildman–Crippen LogP) is 3.79. The van der Waals surface area contributed by atoms with E-state index in [4.69, 9.17) is 4.74 Å². The molecule has 2 aromatic rings. The van der Waals surface area contributed by atoms with Gasteiger partial charge in [0.15, 0.2) is 0 Å². The van der Waals surface area contributed by atoms with Crippen molar-refractivity contribution in [3.05, 3.63) is 65.2 Å². The molecule has 0 aliphatic heterocycles. The van der Waals surface area contributed by atoms with Crippen LogP contribution in [0.1, 0.15) is 16.7 Å². The van der Waals surface area contributed by atoms with Crippen molar-refractivity contribution in [1.82, 2.24) is 0 Å². The van der Waals surface area contributed by atoms with Crippen molar-refractivity contribution in [3.8, 4) is 5.75 Å². The van der Waals surface area contributed by atoms with Crippen LogP contribution in [0, 0.1) is 0 Å². The lowest BCUT2D eigenvalue weighted by molar-refractivity contribution is 0.415. The van der Waals surface area contributed by atoms with E-state index in [0.717, 1.165) is 12.2 Å². The second-order valence-electron chi connectivity index (χ2n) is 4.27. The fourth-order valence-electron chi connectivity index (χ4n) is 2.27. The summed E-state index contributed by atoms with van der Waals surface area (Å²) in [6.45, 7) is 0. The maximum absolute atomic E-state index is 5.17. The molecule has 0 spiro atoms. The van der Waals surface area contributed by atoms with E-state index < -0.39 is 0 Å². The highest BCUT2D eigenvalue weighted by Gasteiger charge is 2.12. The molecule has 84 valence electrons. The molecule has 0 saturated heterocycles. The minimum atomic E-state index is 0.907. The van der Waals surface area contributed by atoms with E-state index in [-0.39, 0.29) is 0 Å². The highest BCUT2D eigenvalue weighted by atomic mass is 16.5. The molecule has 1 aliphatic carbocycles. The van der Waals surface area contributed by atoms with Gasteiger partial charge in [0.2, 0.25) is 0 Å². The second-order valence-corrected chi connectivity index (χ2v) is 4.27. The Morgan fingerprint density at radius 2 is 1.71 bits per heavy atom. The first-order valence-electron chi connectivity index (χ1n) is 5.80. The molecule has 1 heteroatoms. The molecule has 0 heterocycles. The highest BCUT2D eigenvalue weighted by molar-refractivity contribution is 5.88. The lowest BCUT2D eigenvalue weighted by Crippen LogP contribution is -1.86. The molecule has 17 heavy (non-hydrogen) atoms. The van der Waals surface area contributed by atoms with Gasteiger partial charge in [0.05, 0.1) is 7.11 Å². The van der Waals surface area contributed by atoms with Crippen LogP contribution in [-0.4, -0.2) is 7.11 Å². The molecule has 1 aliphatic rings. The number of hydrogen-bond acceptors (Lipinski definition) is 1. The van der Waals surface area contributed by atoms with Crippen LogP contribution < -0.4 is 4.74 Å². The highest BCUT2D eigenvalue weighted by Crippen LogP contribution is 2.31. The van der Waals surface area contributed by atoms with Gasteiger partial charge in [-0.25, -0.2) is 0 Å². The number of methoxy groups -OCH3 is 1. The topological polar surface area (TPSA) is 9.23 Å². The normalized spacial score (nSPS) is 13.1. The van der Waals surface area contributed by atoms with Crippen molar-refractivity contribution in [2.75, 3.05) is 7.11 Å². The van der Waals surface area contributed by atoms with Gasteiger partial charge in [0, 0.05) is 0 Å². The molecule has 0 bridgehead atoms. The second kappa shape index (κ2) is 4.10. The Hall–Kier alpha value is -2.02. The molecule has 0 aromatic heterocycles. The van der Waals surface area contributed by atoms with Crippen LogP contribution in [0.15, 0.2) is 48.5 Å². The van der Waals surface area contributed by atoms with Crippen molar-refractivity contribution >= 4 is 11.6 Å². The third-order valence-electron chi connectivity index (χ3n) is 3.23. The summed E-state index contributed by atoms with van der Waals surface area (Å²) >= 11 is 0. The average Bonchev–Trinajstić information content (AvgIpc) is 2.82. The molecule has 0 saturated carbocycles. The molecule has 1 nitrogen and oxygen atoms in total. The molecular formula is C16H14O. The number of rotatable bonds is 2. The molecule has 2 aromatic carbocycles. The first-order chi connectivity index (χ1) is 8.36. The Morgan fingerprint density at radius 1 is 0.941 bits per heavy atom. The van der Waals surface area contributed by atoms with E-state index >= 15 is 0 Å². The maximum Gasteiger partial charge on any atom is 0.118 e. The van der Waals surface area contributed by atoms with E-state index in [1.165, 1.54) is 22.3 Å². The van der Waals surface area contributed by atoms with Crippen LogP contribution in [0.4, 0.5) is 0 Å². The van der Waals surface area contributed by atoms with Crippen LogP contribution >= 0.6 is 0 Å². The molecule has 0 fully saturated rings. The maximum atomic E-state index is 5.17. The van der Waals surface area contributed by atoms with Gasteiger partial charge in [0.1, 0.15) is 5.75 Å². The molecular weight excluding hydrogens is 208 g/mol. The summed E-state index contributed by atoms with van der Waals surface area (Å²) in [4.78, 5) is 0. The zero-order valence-electron chi connectivity index (χ0n) is 9.81. The summed E-state index contributed by atoms with van der Waals surface area (Å²) in [7, 11) is 1.69. The lowest BCUT2D eigenvalue weighted by Gasteiger charge is -2.04. The van der Waals surface area contributed by atoms with Crippen molar-refractivity contribution in [3.63, 3.8) is 0 Å². The molecule has 0 amide bonds. The smallest absolute Gasteiger partial charge is 0.118 e. The van der Waals surface area contributed by atoms with Crippen LogP contribution in [0.2, 0.25) is 0 Å². The number of ether oxygens (including phenoxy) is 1. The number of allylic oxidation sites excluding steroid dienone is 1. The molecule has 3 rings (SSSR count). The predicted molar refractivity (Wildman–Crippen MR) is 71.0 cm³/mol. The lowest BCUT2D eigenvalue weighted by atomic mass is 10.0. The average molecular weight is 222 g/mol. The van der Waals surface area contributed by atoms with Crippen LogP contribution in [0.25, 0.3) is 11.6 Å². The minimum absolute atomic E-state index is 0.907. The van der Waals surface area contributed by atoms with E-state index in [1.54, 1.807) is 7.11 Å². The van der Waals surface area contributed by atoms with Gasteiger partial charge < -0.3 is 4.74 Å². The van der Waals surface area contributed by atoms with E-state index in [0.29, 0.717) is 0 Å². The summed E-state index contributed by atoms with van der Waals surface area (Å²) in [6.07, 6.45) is 3.31. The molecule has 0 N–H and O–H groups in total. The van der Waals surface area contributed by atoms with Gasteiger partial charge in [-0.2, -0.15) is 0 Å². The quantitative estimate of drug-likeness (QED) is 0.751. The van der Waals surface area contributed by atoms with Gasteiger partial charge in [-0.05, 0) is 40.8 Å². The third-order valence-corrected chi connectivity index (χ3v) is 3.23. The van der Waals surface area contributed by atoms with Crippen LogP contribution in [0.5, 0.6) is 5.75 Å². The molecule has 0 unspecified atom stereocenters. The Morgan fingerprint density at radius 3 is 2.41 bits per heavy atom. The first kappa shape index (κ1) is 10.2. The van der Waals surface area contributed by atoms with E-state index in [1.807, 2.05) is 12.1 Å². The molecule has 0 atom stereocenters. The van der Waals surface area contributed by atoms with Crippen molar-refractivity contribution < 1.29 is 4.74 Å². The Bertz CT molecular complexity index is 564. The van der Waals surface area contributed by atoms with Gasteiger partial charge in [-0.1, -0.05) is 42.5 Å². The fourth-order valence-corrected chi connectivity index (χ4v) is 2.27. The number of fused-ring (bicyclic) bond motifs is 1. The van der Waals surface area contributed by atoms with E-state index in [9.17, 15) is 0 Å². The van der Waals surface area contributed by atoms with E-state index in [2.05, 4.69) is 42.5 Å². The SMILES string of the molecule is COc1ccc(C2=Cc3ccccc3C2)cc1.